The van der Waals surface area contributed by atoms with E-state index in [0.717, 1.165) is 57.7 Å². The minimum Gasteiger partial charge on any atom is -0.299 e. The first kappa shape index (κ1) is 14.7. The average molecular weight is 290 g/mol. The molecule has 1 saturated heterocycles. The van der Waals surface area contributed by atoms with E-state index in [2.05, 4.69) is 28.7 Å². The monoisotopic (exact) mass is 290 g/mol. The first-order valence-electron chi connectivity index (χ1n) is 8.20. The van der Waals surface area contributed by atoms with Crippen molar-refractivity contribution in [3.05, 3.63) is 27.7 Å². The molecule has 0 saturated carbocycles. The van der Waals surface area contributed by atoms with Crippen LogP contribution in [0.2, 0.25) is 0 Å². The Bertz CT molecular complexity index is 544. The van der Waals surface area contributed by atoms with Crippen molar-refractivity contribution in [1.29, 1.82) is 0 Å². The second-order valence-electron chi connectivity index (χ2n) is 6.50. The second kappa shape index (κ2) is 6.28. The Labute approximate surface area is 126 Å². The molecule has 0 amide bonds. The molecule has 1 aliphatic carbocycles. The van der Waals surface area contributed by atoms with Crippen molar-refractivity contribution in [2.75, 3.05) is 32.7 Å². The summed E-state index contributed by atoms with van der Waals surface area (Å²) in [5.41, 5.74) is 2.37. The molecule has 0 aromatic carbocycles. The summed E-state index contributed by atoms with van der Waals surface area (Å²) in [7, 11) is 0. The van der Waals surface area contributed by atoms with E-state index in [9.17, 15) is 4.79 Å². The molecule has 0 N–H and O–H groups in total. The van der Waals surface area contributed by atoms with Crippen LogP contribution < -0.4 is 5.56 Å². The first-order valence-corrected chi connectivity index (χ1v) is 8.20. The van der Waals surface area contributed by atoms with Gasteiger partial charge in [0.25, 0.3) is 5.56 Å². The normalized spacial score (nSPS) is 20.1. The van der Waals surface area contributed by atoms with E-state index < -0.39 is 0 Å². The van der Waals surface area contributed by atoms with Crippen LogP contribution in [-0.4, -0.2) is 58.3 Å². The molecule has 0 radical (unpaired) electrons. The second-order valence-corrected chi connectivity index (χ2v) is 6.50. The quantitative estimate of drug-likeness (QED) is 0.821. The first-order chi connectivity index (χ1) is 10.1. The van der Waals surface area contributed by atoms with Crippen molar-refractivity contribution in [1.82, 2.24) is 19.6 Å². The molecule has 116 valence electrons. The van der Waals surface area contributed by atoms with Crippen LogP contribution in [0.5, 0.6) is 0 Å². The van der Waals surface area contributed by atoms with Crippen molar-refractivity contribution in [2.45, 2.75) is 45.7 Å². The molecule has 2 heterocycles. The van der Waals surface area contributed by atoms with Gasteiger partial charge in [-0.05, 0) is 38.7 Å². The topological polar surface area (TPSA) is 41.4 Å². The molecule has 0 atom stereocenters. The maximum Gasteiger partial charge on any atom is 0.267 e. The molecule has 1 fully saturated rings. The van der Waals surface area contributed by atoms with Crippen LogP contribution in [0, 0.1) is 0 Å². The van der Waals surface area contributed by atoms with Crippen molar-refractivity contribution in [3.8, 4) is 0 Å². The number of fused-ring (bicyclic) bond motifs is 1. The van der Waals surface area contributed by atoms with Gasteiger partial charge in [0.05, 0.1) is 12.2 Å². The fourth-order valence-electron chi connectivity index (χ4n) is 3.34. The maximum atomic E-state index is 12.1. The van der Waals surface area contributed by atoms with E-state index in [0.29, 0.717) is 12.6 Å². The van der Waals surface area contributed by atoms with E-state index in [-0.39, 0.29) is 5.56 Å². The van der Waals surface area contributed by atoms with Crippen LogP contribution in [-0.2, 0) is 19.4 Å². The van der Waals surface area contributed by atoms with Crippen molar-refractivity contribution >= 4 is 0 Å². The van der Waals surface area contributed by atoms with Crippen LogP contribution in [0.3, 0.4) is 0 Å². The smallest absolute Gasteiger partial charge is 0.267 e. The highest BCUT2D eigenvalue weighted by Gasteiger charge is 2.19. The Morgan fingerprint density at radius 2 is 1.90 bits per heavy atom. The van der Waals surface area contributed by atoms with E-state index in [1.807, 2.05) is 0 Å². The molecule has 5 heteroatoms. The fourth-order valence-corrected chi connectivity index (χ4v) is 3.34. The Morgan fingerprint density at radius 3 is 2.62 bits per heavy atom. The molecule has 2 aliphatic rings. The standard InChI is InChI=1S/C16H26N4O/c1-13(2)19-9-6-18(7-10-19)8-11-20-16(21)12-14-4-3-5-15(14)17-20/h12-13H,3-11H2,1-2H3. The zero-order valence-corrected chi connectivity index (χ0v) is 13.2. The Morgan fingerprint density at radius 1 is 1.14 bits per heavy atom. The third-order valence-electron chi connectivity index (χ3n) is 4.79. The zero-order chi connectivity index (χ0) is 14.8. The van der Waals surface area contributed by atoms with Gasteiger partial charge in [0, 0.05) is 44.8 Å². The highest BCUT2D eigenvalue weighted by molar-refractivity contribution is 5.22. The number of aryl methyl sites for hydroxylation is 2. The molecule has 1 aromatic heterocycles. The molecule has 0 spiro atoms. The van der Waals surface area contributed by atoms with E-state index in [1.54, 1.807) is 10.7 Å². The Hall–Kier alpha value is -1.20. The number of nitrogens with zero attached hydrogens (tertiary/aromatic N) is 4. The largest absolute Gasteiger partial charge is 0.299 e. The Kier molecular flexibility index (Phi) is 4.40. The molecule has 21 heavy (non-hydrogen) atoms. The summed E-state index contributed by atoms with van der Waals surface area (Å²) in [6, 6.07) is 2.43. The highest BCUT2D eigenvalue weighted by Crippen LogP contribution is 2.16. The maximum absolute atomic E-state index is 12.1. The summed E-state index contributed by atoms with van der Waals surface area (Å²) < 4.78 is 1.67. The molecule has 1 aromatic rings. The van der Waals surface area contributed by atoms with Gasteiger partial charge in [0.2, 0.25) is 0 Å². The van der Waals surface area contributed by atoms with Crippen LogP contribution in [0.1, 0.15) is 31.5 Å². The van der Waals surface area contributed by atoms with Gasteiger partial charge in [-0.15, -0.1) is 0 Å². The third-order valence-corrected chi connectivity index (χ3v) is 4.79. The van der Waals surface area contributed by atoms with Crippen LogP contribution in [0.25, 0.3) is 0 Å². The number of hydrogen-bond donors (Lipinski definition) is 0. The summed E-state index contributed by atoms with van der Waals surface area (Å²) in [4.78, 5) is 17.0. The molecule has 0 bridgehead atoms. The summed E-state index contributed by atoms with van der Waals surface area (Å²) in [5, 5.41) is 4.55. The summed E-state index contributed by atoms with van der Waals surface area (Å²) >= 11 is 0. The lowest BCUT2D eigenvalue weighted by Gasteiger charge is -2.36. The fraction of sp³-hybridized carbons (Fsp3) is 0.750. The SMILES string of the molecule is CC(C)N1CCN(CCn2nc3c(cc2=O)CCC3)CC1. The molecule has 0 unspecified atom stereocenters. The number of piperazine rings is 1. The van der Waals surface area contributed by atoms with Gasteiger partial charge < -0.3 is 0 Å². The lowest BCUT2D eigenvalue weighted by atomic mass is 10.2. The van der Waals surface area contributed by atoms with Gasteiger partial charge in [-0.25, -0.2) is 4.68 Å². The number of hydrogen-bond acceptors (Lipinski definition) is 4. The van der Waals surface area contributed by atoms with Crippen LogP contribution in [0.4, 0.5) is 0 Å². The van der Waals surface area contributed by atoms with Crippen molar-refractivity contribution < 1.29 is 0 Å². The molecule has 5 nitrogen and oxygen atoms in total. The lowest BCUT2D eigenvalue weighted by Crippen LogP contribution is -2.49. The number of rotatable bonds is 4. The summed E-state index contributed by atoms with van der Waals surface area (Å²) in [6.45, 7) is 10.6. The molecule has 3 rings (SSSR count). The van der Waals surface area contributed by atoms with Gasteiger partial charge in [-0.3, -0.25) is 14.6 Å². The van der Waals surface area contributed by atoms with E-state index in [4.69, 9.17) is 0 Å². The summed E-state index contributed by atoms with van der Waals surface area (Å²) in [5.74, 6) is 0. The van der Waals surface area contributed by atoms with E-state index in [1.165, 1.54) is 5.56 Å². The van der Waals surface area contributed by atoms with Gasteiger partial charge in [0.15, 0.2) is 0 Å². The number of aromatic nitrogens is 2. The zero-order valence-electron chi connectivity index (χ0n) is 13.2. The lowest BCUT2D eigenvalue weighted by molar-refractivity contribution is 0.105. The van der Waals surface area contributed by atoms with Gasteiger partial charge >= 0.3 is 0 Å². The highest BCUT2D eigenvalue weighted by atomic mass is 16.1. The molecular weight excluding hydrogens is 264 g/mol. The minimum atomic E-state index is 0.0662. The predicted molar refractivity (Wildman–Crippen MR) is 83.7 cm³/mol. The summed E-state index contributed by atoms with van der Waals surface area (Å²) in [6.07, 6.45) is 3.20. The van der Waals surface area contributed by atoms with Crippen LogP contribution >= 0.6 is 0 Å². The van der Waals surface area contributed by atoms with Gasteiger partial charge in [-0.1, -0.05) is 0 Å². The Balaban J connectivity index is 1.55. The third kappa shape index (κ3) is 3.35. The van der Waals surface area contributed by atoms with Crippen LogP contribution in [0.15, 0.2) is 10.9 Å². The van der Waals surface area contributed by atoms with Gasteiger partial charge in [-0.2, -0.15) is 5.10 Å². The minimum absolute atomic E-state index is 0.0662. The molecular formula is C16H26N4O. The van der Waals surface area contributed by atoms with Gasteiger partial charge in [0.1, 0.15) is 0 Å². The van der Waals surface area contributed by atoms with Crippen molar-refractivity contribution in [3.63, 3.8) is 0 Å². The van der Waals surface area contributed by atoms with E-state index >= 15 is 0 Å². The predicted octanol–water partition coefficient (Wildman–Crippen LogP) is 0.758. The average Bonchev–Trinajstić information content (AvgIpc) is 2.92. The molecule has 1 aliphatic heterocycles. The van der Waals surface area contributed by atoms with Crippen molar-refractivity contribution in [2.24, 2.45) is 0 Å².